The first kappa shape index (κ1) is 13.4. The van der Waals surface area contributed by atoms with Crippen LogP contribution in [-0.4, -0.2) is 16.0 Å². The van der Waals surface area contributed by atoms with Crippen LogP contribution in [0.4, 0.5) is 0 Å². The smallest absolute Gasteiger partial charge is 0.189 e. The predicted octanol–water partition coefficient (Wildman–Crippen LogP) is 2.87. The summed E-state index contributed by atoms with van der Waals surface area (Å²) in [6.45, 7) is 0. The second-order valence-electron chi connectivity index (χ2n) is 4.10. The van der Waals surface area contributed by atoms with Crippen molar-refractivity contribution in [1.82, 2.24) is 0 Å². The zero-order chi connectivity index (χ0) is 14.5. The Morgan fingerprint density at radius 2 is 1.85 bits per heavy atom. The van der Waals surface area contributed by atoms with Gasteiger partial charge in [-0.1, -0.05) is 18.2 Å². The Balaban J connectivity index is 2.25. The number of nitriles is 1. The molecule has 98 valence electrons. The average molecular weight is 265 g/mol. The monoisotopic (exact) mass is 265 g/mol. The lowest BCUT2D eigenvalue weighted by Gasteiger charge is -2.01. The van der Waals surface area contributed by atoms with Gasteiger partial charge >= 0.3 is 0 Å². The summed E-state index contributed by atoms with van der Waals surface area (Å²) in [6.07, 6.45) is 2.73. The van der Waals surface area contributed by atoms with E-state index in [4.69, 9.17) is 5.26 Å². The molecule has 0 amide bonds. The normalized spacial score (nSPS) is 10.3. The lowest BCUT2D eigenvalue weighted by molar-refractivity contribution is 0.104. The van der Waals surface area contributed by atoms with E-state index in [0.29, 0.717) is 5.56 Å². The van der Waals surface area contributed by atoms with Gasteiger partial charge < -0.3 is 10.2 Å². The van der Waals surface area contributed by atoms with E-state index in [1.54, 1.807) is 18.2 Å². The summed E-state index contributed by atoms with van der Waals surface area (Å²) in [6, 6.07) is 12.6. The average Bonchev–Trinajstić information content (AvgIpc) is 2.46. The second-order valence-corrected chi connectivity index (χ2v) is 4.10. The number of aromatic hydroxyl groups is 2. The van der Waals surface area contributed by atoms with Crippen molar-refractivity contribution < 1.29 is 15.0 Å². The van der Waals surface area contributed by atoms with Crippen LogP contribution in [-0.2, 0) is 0 Å². The SMILES string of the molecule is N#Cc1ccc(C(=O)/C=C/c2ccccc2O)c(O)c1. The molecule has 0 saturated carbocycles. The van der Waals surface area contributed by atoms with Crippen LogP contribution in [0.1, 0.15) is 21.5 Å². The fourth-order valence-corrected chi connectivity index (χ4v) is 1.69. The first-order valence-corrected chi connectivity index (χ1v) is 5.85. The van der Waals surface area contributed by atoms with Gasteiger partial charge in [0.05, 0.1) is 17.2 Å². The van der Waals surface area contributed by atoms with E-state index in [9.17, 15) is 15.0 Å². The molecule has 0 spiro atoms. The number of hydrogen-bond acceptors (Lipinski definition) is 4. The number of hydrogen-bond donors (Lipinski definition) is 2. The minimum absolute atomic E-state index is 0.0700. The topological polar surface area (TPSA) is 81.3 Å². The number of phenols is 2. The van der Waals surface area contributed by atoms with Crippen molar-refractivity contribution in [2.24, 2.45) is 0 Å². The summed E-state index contributed by atoms with van der Waals surface area (Å²) in [5.74, 6) is -0.577. The summed E-state index contributed by atoms with van der Waals surface area (Å²) < 4.78 is 0. The summed E-state index contributed by atoms with van der Waals surface area (Å²) in [7, 11) is 0. The van der Waals surface area contributed by atoms with Crippen LogP contribution in [0.3, 0.4) is 0 Å². The molecule has 0 unspecified atom stereocenters. The van der Waals surface area contributed by atoms with Crippen molar-refractivity contribution in [3.05, 3.63) is 65.2 Å². The number of carbonyl (C=O) groups is 1. The van der Waals surface area contributed by atoms with Crippen LogP contribution >= 0.6 is 0 Å². The largest absolute Gasteiger partial charge is 0.507 e. The molecule has 0 aliphatic carbocycles. The van der Waals surface area contributed by atoms with Crippen molar-refractivity contribution >= 4 is 11.9 Å². The van der Waals surface area contributed by atoms with Gasteiger partial charge in [0.25, 0.3) is 0 Å². The zero-order valence-corrected chi connectivity index (χ0v) is 10.4. The highest BCUT2D eigenvalue weighted by atomic mass is 16.3. The molecule has 0 bridgehead atoms. The number of rotatable bonds is 3. The minimum Gasteiger partial charge on any atom is -0.507 e. The van der Waals surface area contributed by atoms with Crippen molar-refractivity contribution in [3.63, 3.8) is 0 Å². The van der Waals surface area contributed by atoms with Gasteiger partial charge in [-0.3, -0.25) is 4.79 Å². The first-order chi connectivity index (χ1) is 9.61. The van der Waals surface area contributed by atoms with Crippen molar-refractivity contribution in [3.8, 4) is 17.6 Å². The molecule has 0 radical (unpaired) electrons. The number of ketones is 1. The standard InChI is InChI=1S/C16H11NO3/c17-10-11-5-7-13(16(20)9-11)15(19)8-6-12-3-1-2-4-14(12)18/h1-9,18,20H/b8-6+. The fourth-order valence-electron chi connectivity index (χ4n) is 1.69. The van der Waals surface area contributed by atoms with Crippen LogP contribution < -0.4 is 0 Å². The number of para-hydroxylation sites is 1. The summed E-state index contributed by atoms with van der Waals surface area (Å²) in [5.41, 5.74) is 0.897. The Kier molecular flexibility index (Phi) is 3.82. The molecule has 0 aromatic heterocycles. The molecule has 0 aliphatic heterocycles. The summed E-state index contributed by atoms with van der Waals surface area (Å²) >= 11 is 0. The van der Waals surface area contributed by atoms with Gasteiger partial charge in [0.15, 0.2) is 5.78 Å². The van der Waals surface area contributed by atoms with Gasteiger partial charge in [-0.05, 0) is 36.4 Å². The van der Waals surface area contributed by atoms with Gasteiger partial charge in [-0.25, -0.2) is 0 Å². The van der Waals surface area contributed by atoms with Crippen molar-refractivity contribution in [2.75, 3.05) is 0 Å². The van der Waals surface area contributed by atoms with Gasteiger partial charge in [0, 0.05) is 5.56 Å². The van der Waals surface area contributed by atoms with Crippen LogP contribution in [0, 0.1) is 11.3 Å². The van der Waals surface area contributed by atoms with E-state index in [2.05, 4.69) is 0 Å². The number of nitrogens with zero attached hydrogens (tertiary/aromatic N) is 1. The number of phenolic OH excluding ortho intramolecular Hbond substituents is 2. The molecular weight excluding hydrogens is 254 g/mol. The molecule has 0 atom stereocenters. The second kappa shape index (κ2) is 5.72. The van der Waals surface area contributed by atoms with Crippen molar-refractivity contribution in [2.45, 2.75) is 0 Å². The molecule has 4 heteroatoms. The lowest BCUT2D eigenvalue weighted by atomic mass is 10.1. The summed E-state index contributed by atoms with van der Waals surface area (Å²) in [4.78, 5) is 11.9. The van der Waals surface area contributed by atoms with E-state index in [1.165, 1.54) is 36.4 Å². The van der Waals surface area contributed by atoms with Crippen LogP contribution in [0.15, 0.2) is 48.5 Å². The minimum atomic E-state index is -0.407. The quantitative estimate of drug-likeness (QED) is 0.660. The molecule has 2 aromatic carbocycles. The van der Waals surface area contributed by atoms with Crippen LogP contribution in [0.25, 0.3) is 6.08 Å². The highest BCUT2D eigenvalue weighted by Gasteiger charge is 2.09. The van der Waals surface area contributed by atoms with Gasteiger partial charge in [-0.2, -0.15) is 5.26 Å². The maximum absolute atomic E-state index is 11.9. The molecule has 0 heterocycles. The molecule has 0 saturated heterocycles. The van der Waals surface area contributed by atoms with E-state index in [0.717, 1.165) is 0 Å². The number of benzene rings is 2. The lowest BCUT2D eigenvalue weighted by Crippen LogP contribution is -1.95. The van der Waals surface area contributed by atoms with Gasteiger partial charge in [0.1, 0.15) is 11.5 Å². The maximum atomic E-state index is 11.9. The van der Waals surface area contributed by atoms with Gasteiger partial charge in [-0.15, -0.1) is 0 Å². The molecule has 4 nitrogen and oxygen atoms in total. The highest BCUT2D eigenvalue weighted by molar-refractivity contribution is 6.08. The molecule has 20 heavy (non-hydrogen) atoms. The number of carbonyl (C=O) groups excluding carboxylic acids is 1. The Bertz CT molecular complexity index is 727. The zero-order valence-electron chi connectivity index (χ0n) is 10.4. The highest BCUT2D eigenvalue weighted by Crippen LogP contribution is 2.21. The summed E-state index contributed by atoms with van der Waals surface area (Å²) in [5, 5.41) is 27.9. The molecule has 0 fully saturated rings. The predicted molar refractivity (Wildman–Crippen MR) is 74.3 cm³/mol. The van der Waals surface area contributed by atoms with E-state index >= 15 is 0 Å². The Morgan fingerprint density at radius 1 is 1.10 bits per heavy atom. The first-order valence-electron chi connectivity index (χ1n) is 5.85. The van der Waals surface area contributed by atoms with Gasteiger partial charge in [0.2, 0.25) is 0 Å². The van der Waals surface area contributed by atoms with Crippen LogP contribution in [0.5, 0.6) is 11.5 Å². The van der Waals surface area contributed by atoms with E-state index in [-0.39, 0.29) is 22.6 Å². The van der Waals surface area contributed by atoms with Crippen molar-refractivity contribution in [1.29, 1.82) is 5.26 Å². The molecule has 2 N–H and O–H groups in total. The maximum Gasteiger partial charge on any atom is 0.189 e. The molecular formula is C16H11NO3. The Hall–Kier alpha value is -3.06. The third kappa shape index (κ3) is 2.85. The molecule has 2 rings (SSSR count). The van der Waals surface area contributed by atoms with E-state index < -0.39 is 5.78 Å². The molecule has 0 aliphatic rings. The Labute approximate surface area is 115 Å². The third-order valence-corrected chi connectivity index (χ3v) is 2.74. The van der Waals surface area contributed by atoms with E-state index in [1.807, 2.05) is 6.07 Å². The molecule has 2 aromatic rings. The fraction of sp³-hybridized carbons (Fsp3) is 0. The Morgan fingerprint density at radius 3 is 2.50 bits per heavy atom. The van der Waals surface area contributed by atoms with Crippen LogP contribution in [0.2, 0.25) is 0 Å². The third-order valence-electron chi connectivity index (χ3n) is 2.74. The number of allylic oxidation sites excluding steroid dienone is 1.